The molecule has 0 aliphatic carbocycles. The average Bonchev–Trinajstić information content (AvgIpc) is 2.36. The predicted molar refractivity (Wildman–Crippen MR) is 68.7 cm³/mol. The third kappa shape index (κ3) is 4.02. The highest BCUT2D eigenvalue weighted by Crippen LogP contribution is 2.15. The molecule has 0 bridgehead atoms. The summed E-state index contributed by atoms with van der Waals surface area (Å²) in [6, 6.07) is 6.18. The first-order valence-corrected chi connectivity index (χ1v) is 7.00. The van der Waals surface area contributed by atoms with Gasteiger partial charge in [-0.3, -0.25) is 13.8 Å². The van der Waals surface area contributed by atoms with Crippen LogP contribution in [0.5, 0.6) is 0 Å². The Morgan fingerprint density at radius 3 is 2.26 bits per heavy atom. The highest BCUT2D eigenvalue weighted by molar-refractivity contribution is 7.86. The van der Waals surface area contributed by atoms with E-state index in [-0.39, 0.29) is 4.90 Å². The minimum Gasteiger partial charge on any atom is -0.274 e. The predicted octanol–water partition coefficient (Wildman–Crippen LogP) is 1.11. The summed E-state index contributed by atoms with van der Waals surface area (Å²) in [6.07, 6.45) is -1.16. The number of aryl methyl sites for hydroxylation is 1. The number of rotatable bonds is 5. The molecule has 0 aliphatic heterocycles. The van der Waals surface area contributed by atoms with E-state index >= 15 is 0 Å². The Hall–Kier alpha value is -1.44. The Morgan fingerprint density at radius 2 is 1.79 bits per heavy atom. The lowest BCUT2D eigenvalue weighted by molar-refractivity contribution is -0.175. The number of likely N-dealkylation sites (N-methyl/N-ethyl adjacent to an activating group) is 1. The average molecular weight is 287 g/mol. The molecule has 0 heterocycles. The monoisotopic (exact) mass is 287 g/mol. The second kappa shape index (κ2) is 6.14. The third-order valence-electron chi connectivity index (χ3n) is 2.51. The van der Waals surface area contributed by atoms with Crippen LogP contribution in [-0.4, -0.2) is 39.6 Å². The van der Waals surface area contributed by atoms with E-state index in [1.165, 1.54) is 33.2 Å². The summed E-state index contributed by atoms with van der Waals surface area (Å²) in [5.41, 5.74) is 0.933. The molecule has 0 unspecified atom stereocenters. The molecule has 1 atom stereocenters. The second-order valence-corrected chi connectivity index (χ2v) is 5.60. The van der Waals surface area contributed by atoms with Crippen LogP contribution in [0, 0.1) is 6.92 Å². The van der Waals surface area contributed by atoms with Gasteiger partial charge in [-0.25, -0.2) is 5.06 Å². The van der Waals surface area contributed by atoms with Crippen molar-refractivity contribution in [3.05, 3.63) is 29.8 Å². The summed E-state index contributed by atoms with van der Waals surface area (Å²) < 4.78 is 28.7. The molecule has 106 valence electrons. The molecule has 0 aliphatic rings. The lowest BCUT2D eigenvalue weighted by Crippen LogP contribution is -2.36. The van der Waals surface area contributed by atoms with Crippen molar-refractivity contribution < 1.29 is 22.2 Å². The maximum Gasteiger partial charge on any atom is 0.297 e. The molecule has 0 N–H and O–H groups in total. The Labute approximate surface area is 113 Å². The zero-order valence-electron chi connectivity index (χ0n) is 11.3. The molecular weight excluding hydrogens is 270 g/mol. The molecule has 19 heavy (non-hydrogen) atoms. The van der Waals surface area contributed by atoms with Crippen molar-refractivity contribution in [3.63, 3.8) is 0 Å². The highest BCUT2D eigenvalue weighted by Gasteiger charge is 2.26. The zero-order valence-corrected chi connectivity index (χ0v) is 12.1. The number of benzene rings is 1. The van der Waals surface area contributed by atoms with Crippen molar-refractivity contribution in [2.45, 2.75) is 24.8 Å². The number of hydroxylamine groups is 2. The van der Waals surface area contributed by atoms with Crippen LogP contribution in [0.1, 0.15) is 12.5 Å². The molecular formula is C12H17NO5S. The third-order valence-corrected chi connectivity index (χ3v) is 3.90. The molecule has 0 aromatic heterocycles. The van der Waals surface area contributed by atoms with Crippen molar-refractivity contribution in [3.8, 4) is 0 Å². The van der Waals surface area contributed by atoms with Crippen LogP contribution in [0.25, 0.3) is 0 Å². The summed E-state index contributed by atoms with van der Waals surface area (Å²) in [4.78, 5) is 16.3. The molecule has 0 saturated carbocycles. The van der Waals surface area contributed by atoms with Crippen molar-refractivity contribution in [1.29, 1.82) is 0 Å². The second-order valence-electron chi connectivity index (χ2n) is 4.02. The zero-order chi connectivity index (χ0) is 14.6. The molecule has 0 saturated heterocycles. The molecule has 6 nitrogen and oxygen atoms in total. The molecule has 1 aromatic carbocycles. The first-order valence-electron chi connectivity index (χ1n) is 5.59. The fourth-order valence-electron chi connectivity index (χ4n) is 1.34. The van der Waals surface area contributed by atoms with Crippen molar-refractivity contribution in [1.82, 2.24) is 5.06 Å². The van der Waals surface area contributed by atoms with Gasteiger partial charge in [0, 0.05) is 7.05 Å². The minimum absolute atomic E-state index is 0.0119. The summed E-state index contributed by atoms with van der Waals surface area (Å²) >= 11 is 0. The molecule has 1 rings (SSSR count). The lowest BCUT2D eigenvalue weighted by Gasteiger charge is -2.18. The molecule has 7 heteroatoms. The van der Waals surface area contributed by atoms with Gasteiger partial charge < -0.3 is 0 Å². The van der Waals surface area contributed by atoms with E-state index in [1.807, 2.05) is 6.92 Å². The van der Waals surface area contributed by atoms with Gasteiger partial charge in [-0.05, 0) is 26.0 Å². The lowest BCUT2D eigenvalue weighted by atomic mass is 10.2. The SMILES string of the molecule is CON(C)C(=O)[C@@H](C)OS(=O)(=O)c1ccc(C)cc1. The Morgan fingerprint density at radius 1 is 1.26 bits per heavy atom. The quantitative estimate of drug-likeness (QED) is 0.599. The number of amides is 1. The van der Waals surface area contributed by atoms with Gasteiger partial charge in [0.25, 0.3) is 16.0 Å². The van der Waals surface area contributed by atoms with Crippen LogP contribution in [0.3, 0.4) is 0 Å². The maximum atomic E-state index is 11.9. The van der Waals surface area contributed by atoms with E-state index in [4.69, 9.17) is 4.18 Å². The van der Waals surface area contributed by atoms with E-state index in [0.717, 1.165) is 10.6 Å². The minimum atomic E-state index is -3.97. The summed E-state index contributed by atoms with van der Waals surface area (Å²) in [6.45, 7) is 3.19. The van der Waals surface area contributed by atoms with Crippen LogP contribution in [-0.2, 0) is 23.9 Å². The standard InChI is InChI=1S/C12H17NO5S/c1-9-5-7-11(8-6-9)19(15,16)18-10(2)12(14)13(3)17-4/h5-8,10H,1-4H3/t10-/m1/s1. The first kappa shape index (κ1) is 15.6. The van der Waals surface area contributed by atoms with Gasteiger partial charge in [0.15, 0.2) is 6.10 Å². The van der Waals surface area contributed by atoms with Gasteiger partial charge >= 0.3 is 0 Å². The van der Waals surface area contributed by atoms with E-state index in [2.05, 4.69) is 4.84 Å². The topological polar surface area (TPSA) is 72.9 Å². The number of nitrogens with zero attached hydrogens (tertiary/aromatic N) is 1. The number of hydrogen-bond acceptors (Lipinski definition) is 5. The Kier molecular flexibility index (Phi) is 5.04. The van der Waals surface area contributed by atoms with E-state index < -0.39 is 22.1 Å². The number of hydrogen-bond donors (Lipinski definition) is 0. The summed E-state index contributed by atoms with van der Waals surface area (Å²) in [7, 11) is -1.29. The van der Waals surface area contributed by atoms with Crippen LogP contribution < -0.4 is 0 Å². The van der Waals surface area contributed by atoms with E-state index in [1.54, 1.807) is 12.1 Å². The van der Waals surface area contributed by atoms with Gasteiger partial charge in [-0.1, -0.05) is 17.7 Å². The van der Waals surface area contributed by atoms with Gasteiger partial charge in [-0.2, -0.15) is 8.42 Å². The molecule has 0 spiro atoms. The van der Waals surface area contributed by atoms with Crippen molar-refractivity contribution in [2.24, 2.45) is 0 Å². The summed E-state index contributed by atoms with van der Waals surface area (Å²) in [5.74, 6) is -0.585. The molecule has 1 aromatic rings. The van der Waals surface area contributed by atoms with Gasteiger partial charge in [0.2, 0.25) is 0 Å². The highest BCUT2D eigenvalue weighted by atomic mass is 32.2. The van der Waals surface area contributed by atoms with E-state index in [0.29, 0.717) is 0 Å². The van der Waals surface area contributed by atoms with Gasteiger partial charge in [0.05, 0.1) is 12.0 Å². The Bertz CT molecular complexity index is 538. The van der Waals surface area contributed by atoms with Crippen LogP contribution in [0.15, 0.2) is 29.2 Å². The fourth-order valence-corrected chi connectivity index (χ4v) is 2.38. The normalized spacial score (nSPS) is 13.1. The van der Waals surface area contributed by atoms with Gasteiger partial charge in [0.1, 0.15) is 0 Å². The van der Waals surface area contributed by atoms with Crippen LogP contribution in [0.4, 0.5) is 0 Å². The fraction of sp³-hybridized carbons (Fsp3) is 0.417. The molecule has 1 amide bonds. The van der Waals surface area contributed by atoms with Crippen molar-refractivity contribution in [2.75, 3.05) is 14.2 Å². The maximum absolute atomic E-state index is 11.9. The van der Waals surface area contributed by atoms with E-state index in [9.17, 15) is 13.2 Å². The molecule has 0 radical (unpaired) electrons. The largest absolute Gasteiger partial charge is 0.297 e. The van der Waals surface area contributed by atoms with Crippen LogP contribution >= 0.6 is 0 Å². The Balaban J connectivity index is 2.86. The smallest absolute Gasteiger partial charge is 0.274 e. The number of carbonyl (C=O) groups excluding carboxylic acids is 1. The number of carbonyl (C=O) groups is 1. The molecule has 0 fully saturated rings. The summed E-state index contributed by atoms with van der Waals surface area (Å²) in [5, 5.41) is 0.912. The van der Waals surface area contributed by atoms with Crippen molar-refractivity contribution >= 4 is 16.0 Å². The first-order chi connectivity index (χ1) is 8.77. The van der Waals surface area contributed by atoms with Gasteiger partial charge in [-0.15, -0.1) is 0 Å². The van der Waals surface area contributed by atoms with Crippen LogP contribution in [0.2, 0.25) is 0 Å².